The summed E-state index contributed by atoms with van der Waals surface area (Å²) in [6.07, 6.45) is 0. The van der Waals surface area contributed by atoms with Crippen LogP contribution >= 0.6 is 15.9 Å². The lowest BCUT2D eigenvalue weighted by Crippen LogP contribution is -2.10. The Balaban J connectivity index is 1.86. The zero-order chi connectivity index (χ0) is 14.8. The molecule has 0 saturated carbocycles. The van der Waals surface area contributed by atoms with E-state index in [-0.39, 0.29) is 11.7 Å². The number of fused-ring (bicyclic) bond motifs is 1. The number of hydrogen-bond donors (Lipinski definition) is 1. The molecule has 5 heteroatoms. The van der Waals surface area contributed by atoms with Gasteiger partial charge in [0.15, 0.2) is 5.76 Å². The summed E-state index contributed by atoms with van der Waals surface area (Å²) >= 11 is 3.42. The van der Waals surface area contributed by atoms with Crippen molar-refractivity contribution in [3.05, 3.63) is 64.3 Å². The van der Waals surface area contributed by atoms with E-state index in [1.807, 2.05) is 18.2 Å². The number of nitriles is 1. The Morgan fingerprint density at radius 3 is 2.62 bits per heavy atom. The SMILES string of the molecule is N#Cc1ccc(NC(=O)c2cc3c(Br)cccc3o2)cc1. The van der Waals surface area contributed by atoms with Crippen molar-refractivity contribution in [3.8, 4) is 6.07 Å². The van der Waals surface area contributed by atoms with Crippen LogP contribution in [0.5, 0.6) is 0 Å². The van der Waals surface area contributed by atoms with Gasteiger partial charge in [-0.05, 0) is 42.5 Å². The van der Waals surface area contributed by atoms with Crippen LogP contribution in [0.25, 0.3) is 11.0 Å². The normalized spacial score (nSPS) is 10.3. The van der Waals surface area contributed by atoms with Crippen molar-refractivity contribution in [2.24, 2.45) is 0 Å². The highest BCUT2D eigenvalue weighted by Crippen LogP contribution is 2.27. The largest absolute Gasteiger partial charge is 0.451 e. The summed E-state index contributed by atoms with van der Waals surface area (Å²) in [6.45, 7) is 0. The van der Waals surface area contributed by atoms with Gasteiger partial charge >= 0.3 is 0 Å². The van der Waals surface area contributed by atoms with Crippen molar-refractivity contribution in [1.29, 1.82) is 5.26 Å². The standard InChI is InChI=1S/C16H9BrN2O2/c17-13-2-1-3-14-12(13)8-15(21-14)16(20)19-11-6-4-10(9-18)5-7-11/h1-8H,(H,19,20). The minimum absolute atomic E-state index is 0.237. The van der Waals surface area contributed by atoms with Crippen molar-refractivity contribution in [2.45, 2.75) is 0 Å². The van der Waals surface area contributed by atoms with Crippen LogP contribution in [0.15, 0.2) is 57.4 Å². The molecule has 0 unspecified atom stereocenters. The molecule has 0 bridgehead atoms. The molecular weight excluding hydrogens is 332 g/mol. The second-order valence-corrected chi connectivity index (χ2v) is 5.26. The fourth-order valence-electron chi connectivity index (χ4n) is 1.96. The maximum absolute atomic E-state index is 12.2. The molecule has 102 valence electrons. The molecule has 0 saturated heterocycles. The van der Waals surface area contributed by atoms with E-state index in [4.69, 9.17) is 9.68 Å². The number of furan rings is 1. The molecule has 3 rings (SSSR count). The molecule has 1 N–H and O–H groups in total. The van der Waals surface area contributed by atoms with Gasteiger partial charge in [-0.3, -0.25) is 4.79 Å². The number of nitrogens with zero attached hydrogens (tertiary/aromatic N) is 1. The van der Waals surface area contributed by atoms with Crippen molar-refractivity contribution in [2.75, 3.05) is 5.32 Å². The van der Waals surface area contributed by atoms with Crippen molar-refractivity contribution < 1.29 is 9.21 Å². The van der Waals surface area contributed by atoms with Crippen molar-refractivity contribution in [1.82, 2.24) is 0 Å². The highest BCUT2D eigenvalue weighted by atomic mass is 79.9. The lowest BCUT2D eigenvalue weighted by molar-refractivity contribution is 0.0998. The molecule has 0 aliphatic rings. The number of carbonyl (C=O) groups is 1. The van der Waals surface area contributed by atoms with E-state index in [2.05, 4.69) is 21.2 Å². The van der Waals surface area contributed by atoms with Gasteiger partial charge < -0.3 is 9.73 Å². The Morgan fingerprint density at radius 1 is 1.19 bits per heavy atom. The van der Waals surface area contributed by atoms with Crippen LogP contribution in [-0.2, 0) is 0 Å². The average Bonchev–Trinajstić information content (AvgIpc) is 2.94. The van der Waals surface area contributed by atoms with E-state index >= 15 is 0 Å². The van der Waals surface area contributed by atoms with Gasteiger partial charge in [0.25, 0.3) is 5.91 Å². The maximum Gasteiger partial charge on any atom is 0.291 e. The van der Waals surface area contributed by atoms with Crippen LogP contribution < -0.4 is 5.32 Å². The van der Waals surface area contributed by atoms with Crippen LogP contribution in [0, 0.1) is 11.3 Å². The minimum atomic E-state index is -0.331. The van der Waals surface area contributed by atoms with E-state index in [0.29, 0.717) is 16.8 Å². The Kier molecular flexibility index (Phi) is 3.46. The molecule has 2 aromatic carbocycles. The summed E-state index contributed by atoms with van der Waals surface area (Å²) in [4.78, 5) is 12.2. The van der Waals surface area contributed by atoms with Gasteiger partial charge in [-0.15, -0.1) is 0 Å². The predicted molar refractivity (Wildman–Crippen MR) is 83.0 cm³/mol. The van der Waals surface area contributed by atoms with Crippen molar-refractivity contribution >= 4 is 38.5 Å². The molecule has 4 nitrogen and oxygen atoms in total. The Labute approximate surface area is 129 Å². The summed E-state index contributed by atoms with van der Waals surface area (Å²) in [5.41, 5.74) is 1.80. The molecule has 1 heterocycles. The van der Waals surface area contributed by atoms with Crippen LogP contribution in [0.4, 0.5) is 5.69 Å². The Morgan fingerprint density at radius 2 is 1.95 bits per heavy atom. The summed E-state index contributed by atoms with van der Waals surface area (Å²) in [5, 5.41) is 12.3. The van der Waals surface area contributed by atoms with Crippen LogP contribution in [-0.4, -0.2) is 5.91 Å². The first kappa shape index (κ1) is 13.4. The fraction of sp³-hybridized carbons (Fsp3) is 0. The van der Waals surface area contributed by atoms with E-state index in [9.17, 15) is 4.79 Å². The molecule has 3 aromatic rings. The molecule has 0 atom stereocenters. The lowest BCUT2D eigenvalue weighted by atomic mass is 10.2. The second kappa shape index (κ2) is 5.43. The number of benzene rings is 2. The fourth-order valence-corrected chi connectivity index (χ4v) is 2.42. The zero-order valence-corrected chi connectivity index (χ0v) is 12.3. The molecule has 21 heavy (non-hydrogen) atoms. The summed E-state index contributed by atoms with van der Waals surface area (Å²) in [5.74, 6) is -0.0935. The third-order valence-electron chi connectivity index (χ3n) is 3.00. The van der Waals surface area contributed by atoms with Gasteiger partial charge in [-0.25, -0.2) is 0 Å². The lowest BCUT2D eigenvalue weighted by Gasteiger charge is -2.02. The van der Waals surface area contributed by atoms with Gasteiger partial charge in [-0.2, -0.15) is 5.26 Å². The third kappa shape index (κ3) is 2.67. The number of hydrogen-bond acceptors (Lipinski definition) is 3. The number of nitrogens with one attached hydrogen (secondary N) is 1. The molecule has 1 amide bonds. The Bertz CT molecular complexity index is 860. The van der Waals surface area contributed by atoms with Gasteiger partial charge in [0.2, 0.25) is 0 Å². The minimum Gasteiger partial charge on any atom is -0.451 e. The monoisotopic (exact) mass is 340 g/mol. The average molecular weight is 341 g/mol. The zero-order valence-electron chi connectivity index (χ0n) is 10.8. The Hall–Kier alpha value is -2.58. The van der Waals surface area contributed by atoms with Gasteiger partial charge in [0.05, 0.1) is 11.6 Å². The number of anilines is 1. The van der Waals surface area contributed by atoms with Gasteiger partial charge in [-0.1, -0.05) is 22.0 Å². The van der Waals surface area contributed by atoms with Gasteiger partial charge in [0, 0.05) is 15.5 Å². The molecule has 0 spiro atoms. The molecule has 0 radical (unpaired) electrons. The second-order valence-electron chi connectivity index (χ2n) is 4.41. The van der Waals surface area contributed by atoms with E-state index in [1.165, 1.54) is 0 Å². The van der Waals surface area contributed by atoms with E-state index < -0.39 is 0 Å². The van der Waals surface area contributed by atoms with Crippen LogP contribution in [0.2, 0.25) is 0 Å². The molecular formula is C16H9BrN2O2. The quantitative estimate of drug-likeness (QED) is 0.755. The maximum atomic E-state index is 12.2. The summed E-state index contributed by atoms with van der Waals surface area (Å²) in [6, 6.07) is 15.9. The first-order chi connectivity index (χ1) is 10.2. The van der Waals surface area contributed by atoms with Crippen molar-refractivity contribution in [3.63, 3.8) is 0 Å². The number of rotatable bonds is 2. The van der Waals surface area contributed by atoms with E-state index in [0.717, 1.165) is 9.86 Å². The molecule has 0 aliphatic carbocycles. The smallest absolute Gasteiger partial charge is 0.291 e. The summed E-state index contributed by atoms with van der Waals surface area (Å²) in [7, 11) is 0. The highest BCUT2D eigenvalue weighted by molar-refractivity contribution is 9.10. The molecule has 0 aliphatic heterocycles. The molecule has 0 fully saturated rings. The predicted octanol–water partition coefficient (Wildman–Crippen LogP) is 4.32. The number of carbonyl (C=O) groups excluding carboxylic acids is 1. The third-order valence-corrected chi connectivity index (χ3v) is 3.70. The van der Waals surface area contributed by atoms with E-state index in [1.54, 1.807) is 36.4 Å². The molecule has 1 aromatic heterocycles. The van der Waals surface area contributed by atoms with Crippen LogP contribution in [0.1, 0.15) is 16.1 Å². The van der Waals surface area contributed by atoms with Crippen LogP contribution in [0.3, 0.4) is 0 Å². The number of amides is 1. The summed E-state index contributed by atoms with van der Waals surface area (Å²) < 4.78 is 6.41. The number of halogens is 1. The van der Waals surface area contributed by atoms with Gasteiger partial charge in [0.1, 0.15) is 5.58 Å². The topological polar surface area (TPSA) is 66.0 Å². The first-order valence-electron chi connectivity index (χ1n) is 6.17. The highest BCUT2D eigenvalue weighted by Gasteiger charge is 2.13. The first-order valence-corrected chi connectivity index (χ1v) is 6.96.